The molecule has 0 aliphatic carbocycles. The monoisotopic (exact) mass is 584 g/mol. The summed E-state index contributed by atoms with van der Waals surface area (Å²) in [6.45, 7) is 9.85. The van der Waals surface area contributed by atoms with Crippen LogP contribution in [-0.2, 0) is 53.1 Å². The lowest BCUT2D eigenvalue weighted by atomic mass is 10.1. The predicted octanol–water partition coefficient (Wildman–Crippen LogP) is 3.80. The number of amides is 1. The molecule has 11 heteroatoms. The number of rotatable bonds is 3. The molecule has 2 heterocycles. The topological polar surface area (TPSA) is 111 Å². The smallest absolute Gasteiger partial charge is 0.410 e. The molecule has 9 nitrogen and oxygen atoms in total. The number of benzene rings is 2. The maximum Gasteiger partial charge on any atom is 0.410 e. The highest BCUT2D eigenvalue weighted by Crippen LogP contribution is 2.25. The first-order valence-corrected chi connectivity index (χ1v) is 15.4. The van der Waals surface area contributed by atoms with E-state index in [2.05, 4.69) is 58.5 Å². The van der Waals surface area contributed by atoms with E-state index in [9.17, 15) is 13.2 Å². The molecule has 0 aromatic heterocycles. The third-order valence-corrected chi connectivity index (χ3v) is 5.23. The second kappa shape index (κ2) is 16.2. The number of hydrogen-bond acceptors (Lipinski definition) is 8. The van der Waals surface area contributed by atoms with E-state index in [1.807, 2.05) is 53.1 Å². The van der Waals surface area contributed by atoms with E-state index in [1.165, 1.54) is 16.7 Å². The molecule has 39 heavy (non-hydrogen) atoms. The fourth-order valence-corrected chi connectivity index (χ4v) is 3.81. The largest absolute Gasteiger partial charge is 0.444 e. The molecule has 0 fully saturated rings. The minimum Gasteiger partial charge on any atom is -0.444 e. The highest BCUT2D eigenvalue weighted by Gasteiger charge is 2.27. The van der Waals surface area contributed by atoms with Gasteiger partial charge in [-0.2, -0.15) is 0 Å². The Morgan fingerprint density at radius 2 is 1.51 bits per heavy atom. The molecule has 2 aromatic carbocycles. The molecule has 4 rings (SSSR count). The van der Waals surface area contributed by atoms with Gasteiger partial charge in [-0.05, 0) is 82.3 Å². The molecule has 2 aliphatic rings. The average Bonchev–Trinajstić information content (AvgIpc) is 3.43. The summed E-state index contributed by atoms with van der Waals surface area (Å²) < 4.78 is 24.1. The Bertz CT molecular complexity index is 1160. The first kappa shape index (κ1) is 34.8. The van der Waals surface area contributed by atoms with Gasteiger partial charge in [0.2, 0.25) is 9.05 Å². The number of hydrogen-bond donors (Lipinski definition) is 3. The zero-order valence-electron chi connectivity index (χ0n) is 24.5. The van der Waals surface area contributed by atoms with Gasteiger partial charge in [-0.15, -0.1) is 0 Å². The van der Waals surface area contributed by atoms with Crippen LogP contribution < -0.4 is 10.6 Å². The zero-order chi connectivity index (χ0) is 29.8. The summed E-state index contributed by atoms with van der Waals surface area (Å²) in [5.41, 5.74) is 6.96. The Morgan fingerprint density at radius 1 is 1.03 bits per heavy atom. The van der Waals surface area contributed by atoms with Gasteiger partial charge in [0.15, 0.2) is 0 Å². The first-order chi connectivity index (χ1) is 18.1. The van der Waals surface area contributed by atoms with Crippen LogP contribution in [0.4, 0.5) is 4.79 Å². The molecule has 0 bridgehead atoms. The molecule has 0 saturated carbocycles. The number of nitrogens with zero attached hydrogens (tertiary/aromatic N) is 2. The van der Waals surface area contributed by atoms with Crippen molar-refractivity contribution in [2.24, 2.45) is 0 Å². The molecule has 2 aliphatic heterocycles. The van der Waals surface area contributed by atoms with Crippen molar-refractivity contribution in [1.29, 1.82) is 0 Å². The van der Waals surface area contributed by atoms with Crippen LogP contribution in [0.2, 0.25) is 0 Å². The number of carbonyl (C=O) groups excluding carboxylic acids is 1. The predicted molar refractivity (Wildman–Crippen MR) is 158 cm³/mol. The van der Waals surface area contributed by atoms with Gasteiger partial charge >= 0.3 is 6.09 Å². The number of fused-ring (bicyclic) bond motifs is 2. The number of aliphatic hydroxyl groups is 1. The number of carbonyl (C=O) groups is 1. The van der Waals surface area contributed by atoms with Crippen LogP contribution in [-0.4, -0.2) is 69.5 Å². The molecule has 0 radical (unpaired) electrons. The van der Waals surface area contributed by atoms with Gasteiger partial charge in [-0.1, -0.05) is 36.4 Å². The van der Waals surface area contributed by atoms with Crippen molar-refractivity contribution in [3.8, 4) is 0 Å². The molecule has 0 unspecified atom stereocenters. The van der Waals surface area contributed by atoms with E-state index in [0.717, 1.165) is 42.6 Å². The van der Waals surface area contributed by atoms with E-state index in [4.69, 9.17) is 9.84 Å². The molecule has 3 N–H and O–H groups in total. The van der Waals surface area contributed by atoms with Gasteiger partial charge in [0.25, 0.3) is 0 Å². The van der Waals surface area contributed by atoms with Crippen molar-refractivity contribution in [3.05, 3.63) is 69.8 Å². The summed E-state index contributed by atoms with van der Waals surface area (Å²) in [4.78, 5) is 15.8. The van der Waals surface area contributed by atoms with Crippen LogP contribution in [0.1, 0.15) is 54.2 Å². The highest BCUT2D eigenvalue weighted by atomic mass is 35.7. The van der Waals surface area contributed by atoms with Crippen molar-refractivity contribution < 1.29 is 23.1 Å². The van der Waals surface area contributed by atoms with Gasteiger partial charge in [-0.25, -0.2) is 13.2 Å². The standard InChI is InChI=1S/C14H19NO3.C11H16N2.C2H7N.CH3ClO2S/c1-14(2,3)18-13(17)15-7-11-5-4-10(9-16)6-12(11)8-15;1-13(2)8-9-3-4-10-6-12-7-11(10)5-9;1-3-2;1-5(2,3)4/h4-6,16H,7-9H2,1-3H3;3-5,12H,6-8H2,1-2H3;3H,1-2H3;1H3. The minimum absolute atomic E-state index is 0.0275. The number of ether oxygens (including phenoxy) is 1. The Kier molecular flexibility index (Phi) is 14.4. The second-order valence-corrected chi connectivity index (χ2v) is 13.8. The molecule has 220 valence electrons. The van der Waals surface area contributed by atoms with E-state index in [1.54, 1.807) is 4.90 Å². The van der Waals surface area contributed by atoms with Gasteiger partial charge < -0.3 is 25.4 Å². The molecule has 2 aromatic rings. The number of aliphatic hydroxyl groups excluding tert-OH is 1. The Labute approximate surface area is 238 Å². The zero-order valence-corrected chi connectivity index (χ0v) is 26.0. The Hall–Kier alpha value is -2.21. The van der Waals surface area contributed by atoms with Crippen LogP contribution in [0, 0.1) is 0 Å². The summed E-state index contributed by atoms with van der Waals surface area (Å²) in [5, 5.41) is 15.2. The SMILES string of the molecule is CC(C)(C)OC(=O)N1Cc2ccc(CO)cc2C1.CN(C)Cc1ccc2c(c1)CNC2.CNC.CS(=O)(=O)Cl. The van der Waals surface area contributed by atoms with Crippen molar-refractivity contribution in [1.82, 2.24) is 20.4 Å². The fraction of sp³-hybridized carbons (Fsp3) is 0.536. The van der Waals surface area contributed by atoms with Gasteiger partial charge in [0, 0.05) is 43.4 Å². The molecular formula is C28H45ClN4O5S. The third-order valence-electron chi connectivity index (χ3n) is 5.23. The van der Waals surface area contributed by atoms with E-state index in [-0.39, 0.29) is 12.7 Å². The molecule has 0 atom stereocenters. The minimum atomic E-state index is -3.19. The van der Waals surface area contributed by atoms with E-state index < -0.39 is 14.7 Å². The lowest BCUT2D eigenvalue weighted by molar-refractivity contribution is 0.0242. The van der Waals surface area contributed by atoms with Crippen LogP contribution in [0.15, 0.2) is 36.4 Å². The number of nitrogens with one attached hydrogen (secondary N) is 2. The Morgan fingerprint density at radius 3 is 2.05 bits per heavy atom. The van der Waals surface area contributed by atoms with Crippen LogP contribution in [0.5, 0.6) is 0 Å². The van der Waals surface area contributed by atoms with Crippen molar-refractivity contribution in [2.45, 2.75) is 65.7 Å². The number of halogens is 1. The molecular weight excluding hydrogens is 540 g/mol. The quantitative estimate of drug-likeness (QED) is 0.467. The maximum atomic E-state index is 11.9. The summed E-state index contributed by atoms with van der Waals surface area (Å²) >= 11 is 0. The lowest BCUT2D eigenvalue weighted by Gasteiger charge is -2.24. The van der Waals surface area contributed by atoms with Gasteiger partial charge in [-0.3, -0.25) is 4.90 Å². The second-order valence-electron chi connectivity index (χ2n) is 10.7. The first-order valence-electron chi connectivity index (χ1n) is 12.7. The molecule has 0 saturated heterocycles. The summed E-state index contributed by atoms with van der Waals surface area (Å²) in [7, 11) is 9.26. The average molecular weight is 585 g/mol. The third kappa shape index (κ3) is 14.7. The van der Waals surface area contributed by atoms with Crippen LogP contribution in [0.25, 0.3) is 0 Å². The van der Waals surface area contributed by atoms with Gasteiger partial charge in [0.05, 0.1) is 12.9 Å². The van der Waals surface area contributed by atoms with E-state index >= 15 is 0 Å². The Balaban J connectivity index is 0.000000315. The molecule has 0 spiro atoms. The normalized spacial score (nSPS) is 13.7. The fourth-order valence-electron chi connectivity index (χ4n) is 3.81. The lowest BCUT2D eigenvalue weighted by Crippen LogP contribution is -2.33. The van der Waals surface area contributed by atoms with Crippen molar-refractivity contribution in [2.75, 3.05) is 34.4 Å². The van der Waals surface area contributed by atoms with Gasteiger partial charge in [0.1, 0.15) is 5.60 Å². The summed E-state index contributed by atoms with van der Waals surface area (Å²) in [6, 6.07) is 12.6. The summed E-state index contributed by atoms with van der Waals surface area (Å²) in [6.07, 6.45) is 0.637. The maximum absolute atomic E-state index is 11.9. The van der Waals surface area contributed by atoms with Crippen LogP contribution in [0.3, 0.4) is 0 Å². The highest BCUT2D eigenvalue weighted by molar-refractivity contribution is 8.13. The van der Waals surface area contributed by atoms with Crippen molar-refractivity contribution in [3.63, 3.8) is 0 Å². The summed E-state index contributed by atoms with van der Waals surface area (Å²) in [5.74, 6) is 0. The van der Waals surface area contributed by atoms with Crippen molar-refractivity contribution >= 4 is 25.8 Å². The molecule has 1 amide bonds. The van der Waals surface area contributed by atoms with Crippen LogP contribution >= 0.6 is 10.7 Å². The van der Waals surface area contributed by atoms with E-state index in [0.29, 0.717) is 13.1 Å².